The molecular weight excluding hydrogens is 470 g/mol. The number of carbonyl (C=O) groups excluding carboxylic acids is 1. The molecule has 2 unspecified atom stereocenters. The summed E-state index contributed by atoms with van der Waals surface area (Å²) in [6.07, 6.45) is 7.93. The fourth-order valence-electron chi connectivity index (χ4n) is 5.08. The number of rotatable bonds is 6. The van der Waals surface area contributed by atoms with Gasteiger partial charge >= 0.3 is 6.03 Å². The van der Waals surface area contributed by atoms with Crippen LogP contribution in [0, 0.1) is 0 Å². The molecule has 3 aliphatic rings. The molecule has 0 saturated carbocycles. The molecular formula is C27H31N7O3. The lowest BCUT2D eigenvalue weighted by Gasteiger charge is -2.33. The fourth-order valence-corrected chi connectivity index (χ4v) is 5.08. The van der Waals surface area contributed by atoms with Crippen LogP contribution >= 0.6 is 0 Å². The Morgan fingerprint density at radius 3 is 2.24 bits per heavy atom. The molecule has 192 valence electrons. The molecule has 10 nitrogen and oxygen atoms in total. The predicted octanol–water partition coefficient (Wildman–Crippen LogP) is 4.14. The number of carbonyl (C=O) groups is 1. The molecule has 2 bridgehead atoms. The van der Waals surface area contributed by atoms with Crippen molar-refractivity contribution >= 4 is 29.0 Å². The van der Waals surface area contributed by atoms with E-state index in [9.17, 15) is 4.79 Å². The molecule has 6 rings (SSSR count). The summed E-state index contributed by atoms with van der Waals surface area (Å²) in [4.78, 5) is 28.4. The van der Waals surface area contributed by atoms with E-state index in [1.54, 1.807) is 24.5 Å². The molecule has 0 aliphatic carbocycles. The lowest BCUT2D eigenvalue weighted by molar-refractivity contribution is 0.0302. The maximum atomic E-state index is 12.3. The van der Waals surface area contributed by atoms with Gasteiger partial charge in [-0.25, -0.2) is 14.8 Å². The summed E-state index contributed by atoms with van der Waals surface area (Å²) in [7, 11) is 0. The first-order chi connectivity index (χ1) is 18.2. The molecule has 0 spiro atoms. The van der Waals surface area contributed by atoms with Crippen LogP contribution in [-0.4, -0.2) is 65.5 Å². The fraction of sp³-hybridized carbons (Fsp3) is 0.407. The molecule has 1 aromatic carbocycles. The zero-order valence-corrected chi connectivity index (χ0v) is 20.6. The van der Waals surface area contributed by atoms with Crippen LogP contribution in [0.2, 0.25) is 0 Å². The van der Waals surface area contributed by atoms with E-state index in [-0.39, 0.29) is 18.2 Å². The normalized spacial score (nSPS) is 21.5. The Kier molecular flexibility index (Phi) is 6.83. The van der Waals surface area contributed by atoms with Gasteiger partial charge in [-0.1, -0.05) is 0 Å². The van der Waals surface area contributed by atoms with Crippen LogP contribution in [-0.2, 0) is 9.47 Å². The number of aromatic nitrogens is 3. The van der Waals surface area contributed by atoms with Gasteiger partial charge in [0, 0.05) is 67.7 Å². The minimum Gasteiger partial charge on any atom is -0.381 e. The van der Waals surface area contributed by atoms with Crippen LogP contribution in [0.5, 0.6) is 0 Å². The van der Waals surface area contributed by atoms with Crippen molar-refractivity contribution in [3.05, 3.63) is 54.9 Å². The van der Waals surface area contributed by atoms with Crippen LogP contribution in [0.25, 0.3) is 11.4 Å². The second-order valence-corrected chi connectivity index (χ2v) is 9.72. The monoisotopic (exact) mass is 501 g/mol. The van der Waals surface area contributed by atoms with E-state index >= 15 is 0 Å². The molecule has 2 atom stereocenters. The smallest absolute Gasteiger partial charge is 0.323 e. The number of anilines is 4. The van der Waals surface area contributed by atoms with Gasteiger partial charge in [-0.05, 0) is 62.1 Å². The lowest BCUT2D eigenvalue weighted by Crippen LogP contribution is -2.43. The summed E-state index contributed by atoms with van der Waals surface area (Å²) in [6.45, 7) is 3.22. The predicted molar refractivity (Wildman–Crippen MR) is 142 cm³/mol. The molecule has 0 radical (unpaired) electrons. The molecule has 2 aromatic heterocycles. The van der Waals surface area contributed by atoms with Gasteiger partial charge in [-0.2, -0.15) is 0 Å². The first kappa shape index (κ1) is 23.6. The Hall–Kier alpha value is -3.76. The van der Waals surface area contributed by atoms with Crippen LogP contribution in [0.3, 0.4) is 0 Å². The number of fused-ring (bicyclic) bond motifs is 2. The molecule has 3 saturated heterocycles. The second kappa shape index (κ2) is 10.7. The van der Waals surface area contributed by atoms with Gasteiger partial charge in [-0.3, -0.25) is 4.98 Å². The summed E-state index contributed by atoms with van der Waals surface area (Å²) >= 11 is 0. The van der Waals surface area contributed by atoms with E-state index in [1.807, 2.05) is 24.3 Å². The molecule has 10 heteroatoms. The van der Waals surface area contributed by atoms with Crippen molar-refractivity contribution in [1.82, 2.24) is 15.0 Å². The Morgan fingerprint density at radius 1 is 0.865 bits per heavy atom. The average molecular weight is 502 g/mol. The summed E-state index contributed by atoms with van der Waals surface area (Å²) in [5, 5.41) is 9.26. The maximum Gasteiger partial charge on any atom is 0.323 e. The number of morpholine rings is 1. The number of nitrogens with one attached hydrogen (secondary N) is 3. The van der Waals surface area contributed by atoms with Gasteiger partial charge in [0.05, 0.1) is 12.2 Å². The molecule has 3 N–H and O–H groups in total. The molecule has 3 fully saturated rings. The van der Waals surface area contributed by atoms with Crippen molar-refractivity contribution in [3.8, 4) is 11.4 Å². The summed E-state index contributed by atoms with van der Waals surface area (Å²) in [5.41, 5.74) is 2.24. The molecule has 3 aromatic rings. The molecule has 5 heterocycles. The Bertz CT molecular complexity index is 1210. The average Bonchev–Trinajstić information content (AvgIpc) is 3.27. The summed E-state index contributed by atoms with van der Waals surface area (Å²) in [5.74, 6) is 2.39. The quantitative estimate of drug-likeness (QED) is 0.462. The van der Waals surface area contributed by atoms with Crippen LogP contribution in [0.1, 0.15) is 25.7 Å². The number of hydrogen-bond acceptors (Lipinski definition) is 8. The van der Waals surface area contributed by atoms with E-state index < -0.39 is 0 Å². The third kappa shape index (κ3) is 5.81. The maximum absolute atomic E-state index is 12.3. The first-order valence-electron chi connectivity index (χ1n) is 12.9. The first-order valence-corrected chi connectivity index (χ1v) is 12.9. The van der Waals surface area contributed by atoms with Gasteiger partial charge in [0.25, 0.3) is 0 Å². The number of urea groups is 1. The summed E-state index contributed by atoms with van der Waals surface area (Å²) < 4.78 is 11.6. The number of hydrogen-bond donors (Lipinski definition) is 3. The number of nitrogens with zero attached hydrogens (tertiary/aromatic N) is 4. The highest BCUT2D eigenvalue weighted by Gasteiger charge is 2.34. The van der Waals surface area contributed by atoms with Gasteiger partial charge in [0.1, 0.15) is 11.6 Å². The zero-order valence-electron chi connectivity index (χ0n) is 20.6. The van der Waals surface area contributed by atoms with Gasteiger partial charge in [0.15, 0.2) is 5.82 Å². The standard InChI is InChI=1S/C27H31N7O3/c35-27(31-20-7-11-28-12-8-20)30-19-3-1-18(2-4-19)26-32-24(29-21-9-13-36-14-10-21)15-25(33-26)34-16-22-5-6-23(17-34)37-22/h1-4,7-8,11-12,15,21-23H,5-6,9-10,13-14,16-17H2,(H,29,32,33)(H2,28,30,31,35). The molecule has 2 amide bonds. The zero-order chi connectivity index (χ0) is 25.0. The van der Waals surface area contributed by atoms with Crippen molar-refractivity contribution in [3.63, 3.8) is 0 Å². The lowest BCUT2D eigenvalue weighted by atomic mass is 10.1. The number of pyridine rings is 1. The van der Waals surface area contributed by atoms with E-state index in [0.29, 0.717) is 23.2 Å². The second-order valence-electron chi connectivity index (χ2n) is 9.72. The van der Waals surface area contributed by atoms with Crippen LogP contribution < -0.4 is 20.9 Å². The van der Waals surface area contributed by atoms with E-state index in [2.05, 4.69) is 31.9 Å². The van der Waals surface area contributed by atoms with Crippen molar-refractivity contribution in [2.45, 2.75) is 43.9 Å². The van der Waals surface area contributed by atoms with E-state index in [4.69, 9.17) is 19.4 Å². The Labute approximate surface area is 215 Å². The third-order valence-corrected chi connectivity index (χ3v) is 6.99. The Morgan fingerprint density at radius 2 is 1.54 bits per heavy atom. The van der Waals surface area contributed by atoms with Crippen LogP contribution in [0.15, 0.2) is 54.9 Å². The highest BCUT2D eigenvalue weighted by Crippen LogP contribution is 2.31. The number of amides is 2. The molecule has 37 heavy (non-hydrogen) atoms. The van der Waals surface area contributed by atoms with Crippen molar-refractivity contribution in [2.75, 3.05) is 47.2 Å². The van der Waals surface area contributed by atoms with Crippen molar-refractivity contribution in [1.29, 1.82) is 0 Å². The SMILES string of the molecule is O=C(Nc1ccncc1)Nc1ccc(-c2nc(NC3CCOCC3)cc(N3CC4CCC(C3)O4)n2)cc1. The van der Waals surface area contributed by atoms with E-state index in [1.165, 1.54) is 0 Å². The number of ether oxygens (including phenoxy) is 2. The minimum atomic E-state index is -0.318. The highest BCUT2D eigenvalue weighted by atomic mass is 16.5. The Balaban J connectivity index is 1.21. The van der Waals surface area contributed by atoms with Gasteiger partial charge in [0.2, 0.25) is 0 Å². The summed E-state index contributed by atoms with van der Waals surface area (Å²) in [6, 6.07) is 13.1. The van der Waals surface area contributed by atoms with Crippen molar-refractivity contribution < 1.29 is 14.3 Å². The van der Waals surface area contributed by atoms with Gasteiger partial charge in [-0.15, -0.1) is 0 Å². The minimum absolute atomic E-state index is 0.271. The highest BCUT2D eigenvalue weighted by molar-refractivity contribution is 5.99. The van der Waals surface area contributed by atoms with Gasteiger partial charge < -0.3 is 30.3 Å². The van der Waals surface area contributed by atoms with Crippen molar-refractivity contribution in [2.24, 2.45) is 0 Å². The molecule has 3 aliphatic heterocycles. The van der Waals surface area contributed by atoms with Crippen LogP contribution in [0.4, 0.5) is 27.8 Å². The topological polar surface area (TPSA) is 114 Å². The van der Waals surface area contributed by atoms with E-state index in [0.717, 1.165) is 69.2 Å². The number of benzene rings is 1. The largest absolute Gasteiger partial charge is 0.381 e. The third-order valence-electron chi connectivity index (χ3n) is 6.99.